The summed E-state index contributed by atoms with van der Waals surface area (Å²) < 4.78 is 7.57. The summed E-state index contributed by atoms with van der Waals surface area (Å²) in [5, 5.41) is 7.08. The summed E-state index contributed by atoms with van der Waals surface area (Å²) in [4.78, 5) is 60.9. The van der Waals surface area contributed by atoms with E-state index in [0.29, 0.717) is 18.0 Å². The standard InChI is InChI=1S/C27H24N4O5S3/c32-20-15-31(23(33)11-16-3-1-7-28-14-16)19-5-8-30(25(19)20)26(34)18(12-17-4-2-9-37-17)29-27(35)36-24-13-22-21(39-24)6-10-38-22/h1-4,6-7,9-10,13-14,18-19,25H,5,8,11-12,15H2,(H,29,35). The van der Waals surface area contributed by atoms with E-state index < -0.39 is 18.2 Å². The van der Waals surface area contributed by atoms with Gasteiger partial charge in [0, 0.05) is 45.7 Å². The van der Waals surface area contributed by atoms with Crippen molar-refractivity contribution in [2.45, 2.75) is 37.4 Å². The molecule has 6 rings (SSSR count). The lowest BCUT2D eigenvalue weighted by Crippen LogP contribution is -2.53. The van der Waals surface area contributed by atoms with Gasteiger partial charge in [-0.25, -0.2) is 4.79 Å². The Balaban J connectivity index is 1.16. The molecule has 0 spiro atoms. The van der Waals surface area contributed by atoms with E-state index in [9.17, 15) is 19.2 Å². The molecule has 2 aliphatic rings. The third kappa shape index (κ3) is 5.32. The van der Waals surface area contributed by atoms with Crippen LogP contribution in [0.1, 0.15) is 16.9 Å². The van der Waals surface area contributed by atoms with Crippen LogP contribution in [0.15, 0.2) is 59.6 Å². The third-order valence-electron chi connectivity index (χ3n) is 6.99. The highest BCUT2D eigenvalue weighted by Gasteiger charge is 2.52. The van der Waals surface area contributed by atoms with Gasteiger partial charge in [0.15, 0.2) is 10.8 Å². The van der Waals surface area contributed by atoms with Gasteiger partial charge < -0.3 is 19.9 Å². The Morgan fingerprint density at radius 3 is 2.77 bits per heavy atom. The number of nitrogens with zero attached hydrogens (tertiary/aromatic N) is 3. The first-order valence-electron chi connectivity index (χ1n) is 12.5. The summed E-state index contributed by atoms with van der Waals surface area (Å²) in [6, 6.07) is 9.14. The Kier molecular flexibility index (Phi) is 7.15. The molecule has 0 bridgehead atoms. The number of rotatable bonds is 7. The van der Waals surface area contributed by atoms with Gasteiger partial charge in [0.2, 0.25) is 11.8 Å². The highest BCUT2D eigenvalue weighted by Crippen LogP contribution is 2.35. The number of ketones is 1. The van der Waals surface area contributed by atoms with E-state index in [1.165, 1.54) is 27.6 Å². The van der Waals surface area contributed by atoms with Crippen molar-refractivity contribution in [1.29, 1.82) is 0 Å². The van der Waals surface area contributed by atoms with Crippen LogP contribution >= 0.6 is 34.0 Å². The number of fused-ring (bicyclic) bond motifs is 2. The summed E-state index contributed by atoms with van der Waals surface area (Å²) in [6.07, 6.45) is 3.48. The van der Waals surface area contributed by atoms with Crippen molar-refractivity contribution in [2.24, 2.45) is 0 Å². The average Bonchev–Trinajstić information content (AvgIpc) is 3.73. The van der Waals surface area contributed by atoms with Gasteiger partial charge in [-0.05, 0) is 40.9 Å². The van der Waals surface area contributed by atoms with Crippen LogP contribution in [0.25, 0.3) is 9.40 Å². The number of amides is 3. The normalized spacial score (nSPS) is 19.3. The number of hydrogen-bond donors (Lipinski definition) is 1. The molecule has 2 aliphatic heterocycles. The molecule has 9 nitrogen and oxygen atoms in total. The first-order valence-corrected chi connectivity index (χ1v) is 15.0. The van der Waals surface area contributed by atoms with Gasteiger partial charge >= 0.3 is 6.09 Å². The van der Waals surface area contributed by atoms with Gasteiger partial charge in [-0.2, -0.15) is 0 Å². The number of nitrogens with one attached hydrogen (secondary N) is 1. The fourth-order valence-electron chi connectivity index (χ4n) is 5.26. The SMILES string of the molecule is O=C(NC(Cc1cccs1)C(=O)N1CCC2C1C(=O)CN2C(=O)Cc1cccnc1)Oc1cc2sccc2s1. The van der Waals surface area contributed by atoms with Crippen molar-refractivity contribution < 1.29 is 23.9 Å². The first-order chi connectivity index (χ1) is 19.0. The van der Waals surface area contributed by atoms with E-state index in [1.54, 1.807) is 40.8 Å². The van der Waals surface area contributed by atoms with Crippen LogP contribution < -0.4 is 10.1 Å². The molecule has 0 saturated carbocycles. The zero-order chi connectivity index (χ0) is 26.9. The Labute approximate surface area is 236 Å². The zero-order valence-corrected chi connectivity index (χ0v) is 23.1. The second-order valence-electron chi connectivity index (χ2n) is 9.44. The Hall–Kier alpha value is -3.61. The van der Waals surface area contributed by atoms with Crippen LogP contribution in [0.3, 0.4) is 0 Å². The number of aromatic nitrogens is 1. The minimum Gasteiger partial charge on any atom is -0.399 e. The molecule has 2 saturated heterocycles. The number of carbonyl (C=O) groups excluding carboxylic acids is 4. The minimum atomic E-state index is -0.913. The second kappa shape index (κ2) is 10.9. The molecule has 2 fully saturated rings. The Bertz CT molecular complexity index is 1490. The van der Waals surface area contributed by atoms with E-state index >= 15 is 0 Å². The molecule has 3 unspecified atom stereocenters. The predicted molar refractivity (Wildman–Crippen MR) is 149 cm³/mol. The molecule has 0 aliphatic carbocycles. The molecule has 6 heterocycles. The molecule has 4 aromatic rings. The quantitative estimate of drug-likeness (QED) is 0.357. The molecule has 3 amide bonds. The van der Waals surface area contributed by atoms with Crippen molar-refractivity contribution in [3.05, 3.63) is 70.0 Å². The predicted octanol–water partition coefficient (Wildman–Crippen LogP) is 3.74. The fourth-order valence-corrected chi connectivity index (χ4v) is 7.95. The summed E-state index contributed by atoms with van der Waals surface area (Å²) >= 11 is 4.41. The second-order valence-corrected chi connectivity index (χ2v) is 12.5. The van der Waals surface area contributed by atoms with Crippen molar-refractivity contribution in [1.82, 2.24) is 20.1 Å². The number of thiophene rings is 3. The zero-order valence-electron chi connectivity index (χ0n) is 20.6. The monoisotopic (exact) mass is 580 g/mol. The number of ether oxygens (including phenoxy) is 1. The number of Topliss-reactive ketones (excluding diaryl/α,β-unsaturated/α-hetero) is 1. The smallest absolute Gasteiger partial charge is 0.399 e. The molecule has 4 aromatic heterocycles. The van der Waals surface area contributed by atoms with Crippen LogP contribution in [-0.4, -0.2) is 69.7 Å². The molecule has 12 heteroatoms. The van der Waals surface area contributed by atoms with Gasteiger partial charge in [0.1, 0.15) is 12.1 Å². The van der Waals surface area contributed by atoms with E-state index in [2.05, 4.69) is 10.3 Å². The van der Waals surface area contributed by atoms with Gasteiger partial charge in [0.25, 0.3) is 0 Å². The van der Waals surface area contributed by atoms with Crippen LogP contribution in [0.2, 0.25) is 0 Å². The Morgan fingerprint density at radius 2 is 2.00 bits per heavy atom. The molecule has 0 radical (unpaired) electrons. The topological polar surface area (TPSA) is 109 Å². The fraction of sp³-hybridized carbons (Fsp3) is 0.296. The average molecular weight is 581 g/mol. The number of hydrogen-bond acceptors (Lipinski definition) is 9. The summed E-state index contributed by atoms with van der Waals surface area (Å²) in [5.41, 5.74) is 0.772. The lowest BCUT2D eigenvalue weighted by molar-refractivity contribution is -0.138. The van der Waals surface area contributed by atoms with Crippen molar-refractivity contribution >= 4 is 67.1 Å². The van der Waals surface area contributed by atoms with Gasteiger partial charge in [-0.3, -0.25) is 19.4 Å². The number of likely N-dealkylation sites (tertiary alicyclic amines) is 2. The minimum absolute atomic E-state index is 0.0290. The van der Waals surface area contributed by atoms with Crippen LogP contribution in [0.4, 0.5) is 4.79 Å². The van der Waals surface area contributed by atoms with Gasteiger partial charge in [-0.15, -0.1) is 22.7 Å². The maximum atomic E-state index is 13.8. The number of pyridine rings is 1. The van der Waals surface area contributed by atoms with Crippen LogP contribution in [0.5, 0.6) is 5.06 Å². The maximum absolute atomic E-state index is 13.8. The van der Waals surface area contributed by atoms with Crippen molar-refractivity contribution in [3.63, 3.8) is 0 Å². The van der Waals surface area contributed by atoms with Crippen LogP contribution in [0, 0.1) is 0 Å². The molecule has 200 valence electrons. The van der Waals surface area contributed by atoms with Crippen LogP contribution in [-0.2, 0) is 27.2 Å². The van der Waals surface area contributed by atoms with E-state index in [1.807, 2.05) is 35.0 Å². The van der Waals surface area contributed by atoms with E-state index in [-0.39, 0.29) is 43.0 Å². The highest BCUT2D eigenvalue weighted by atomic mass is 32.1. The lowest BCUT2D eigenvalue weighted by Gasteiger charge is -2.28. The summed E-state index contributed by atoms with van der Waals surface area (Å²) in [7, 11) is 0. The Morgan fingerprint density at radius 1 is 1.10 bits per heavy atom. The largest absolute Gasteiger partial charge is 0.414 e. The van der Waals surface area contributed by atoms with Crippen molar-refractivity contribution in [3.8, 4) is 5.06 Å². The molecular formula is C27H24N4O5S3. The maximum Gasteiger partial charge on any atom is 0.414 e. The molecule has 1 N–H and O–H groups in total. The van der Waals surface area contributed by atoms with E-state index in [0.717, 1.165) is 19.8 Å². The van der Waals surface area contributed by atoms with Gasteiger partial charge in [-0.1, -0.05) is 23.5 Å². The third-order valence-corrected chi connectivity index (χ3v) is 9.86. The first kappa shape index (κ1) is 25.7. The molecule has 3 atom stereocenters. The van der Waals surface area contributed by atoms with E-state index in [4.69, 9.17) is 4.74 Å². The number of carbonyl (C=O) groups is 4. The molecule has 39 heavy (non-hydrogen) atoms. The van der Waals surface area contributed by atoms with Crippen molar-refractivity contribution in [2.75, 3.05) is 13.1 Å². The molecule has 0 aromatic carbocycles. The highest BCUT2D eigenvalue weighted by molar-refractivity contribution is 7.27. The summed E-state index contributed by atoms with van der Waals surface area (Å²) in [6.45, 7) is 0.300. The molecular weight excluding hydrogens is 557 g/mol. The van der Waals surface area contributed by atoms with Gasteiger partial charge in [0.05, 0.1) is 19.0 Å². The summed E-state index contributed by atoms with van der Waals surface area (Å²) in [5.74, 6) is -0.678. The lowest BCUT2D eigenvalue weighted by atomic mass is 10.1.